The van der Waals surface area contributed by atoms with Gasteiger partial charge in [-0.15, -0.1) is 0 Å². The SMILES string of the molecule is Cc1cc(NCCc2ccc(S(N)(=O)=O)cc2)nc(NCc2ccco2)n1. The Balaban J connectivity index is 1.56. The Bertz CT molecular complexity index is 986. The molecular weight excluding hydrogens is 366 g/mol. The normalized spacial score (nSPS) is 11.3. The summed E-state index contributed by atoms with van der Waals surface area (Å²) in [5.74, 6) is 2.04. The lowest BCUT2D eigenvalue weighted by Gasteiger charge is -2.10. The number of primary sulfonamides is 1. The highest BCUT2D eigenvalue weighted by atomic mass is 32.2. The molecule has 2 aromatic heterocycles. The molecule has 0 aliphatic carbocycles. The maximum Gasteiger partial charge on any atom is 0.238 e. The fraction of sp³-hybridized carbons (Fsp3) is 0.222. The van der Waals surface area contributed by atoms with Gasteiger partial charge in [0, 0.05) is 18.3 Å². The van der Waals surface area contributed by atoms with Gasteiger partial charge in [-0.2, -0.15) is 4.98 Å². The largest absolute Gasteiger partial charge is 0.467 e. The second-order valence-corrected chi connectivity index (χ2v) is 7.58. The van der Waals surface area contributed by atoms with Crippen molar-refractivity contribution < 1.29 is 12.8 Å². The molecule has 4 N–H and O–H groups in total. The van der Waals surface area contributed by atoms with Crippen molar-refractivity contribution in [1.82, 2.24) is 9.97 Å². The number of nitrogens with zero attached hydrogens (tertiary/aromatic N) is 2. The highest BCUT2D eigenvalue weighted by Gasteiger charge is 2.07. The van der Waals surface area contributed by atoms with Crippen LogP contribution in [0.25, 0.3) is 0 Å². The van der Waals surface area contributed by atoms with Crippen LogP contribution in [0.3, 0.4) is 0 Å². The van der Waals surface area contributed by atoms with E-state index in [1.54, 1.807) is 18.4 Å². The van der Waals surface area contributed by atoms with Crippen molar-refractivity contribution in [3.8, 4) is 0 Å². The number of aryl methyl sites for hydroxylation is 1. The van der Waals surface area contributed by atoms with Crippen LogP contribution in [0.1, 0.15) is 17.0 Å². The summed E-state index contributed by atoms with van der Waals surface area (Å²) in [5.41, 5.74) is 1.84. The van der Waals surface area contributed by atoms with Crippen LogP contribution in [0.2, 0.25) is 0 Å². The highest BCUT2D eigenvalue weighted by molar-refractivity contribution is 7.89. The number of anilines is 2. The van der Waals surface area contributed by atoms with E-state index < -0.39 is 10.0 Å². The molecule has 0 aliphatic rings. The maximum absolute atomic E-state index is 11.3. The zero-order valence-electron chi connectivity index (χ0n) is 14.8. The number of furan rings is 1. The molecule has 3 aromatic rings. The monoisotopic (exact) mass is 387 g/mol. The molecule has 3 rings (SSSR count). The van der Waals surface area contributed by atoms with Crippen LogP contribution in [0.5, 0.6) is 0 Å². The summed E-state index contributed by atoms with van der Waals surface area (Å²) < 4.78 is 27.8. The van der Waals surface area contributed by atoms with Gasteiger partial charge in [0.1, 0.15) is 11.6 Å². The fourth-order valence-electron chi connectivity index (χ4n) is 2.50. The molecule has 0 amide bonds. The summed E-state index contributed by atoms with van der Waals surface area (Å²) in [7, 11) is -3.66. The second kappa shape index (κ2) is 8.19. The molecule has 0 atom stereocenters. The Labute approximate surface area is 157 Å². The van der Waals surface area contributed by atoms with Gasteiger partial charge in [-0.3, -0.25) is 0 Å². The summed E-state index contributed by atoms with van der Waals surface area (Å²) in [6.07, 6.45) is 2.33. The topological polar surface area (TPSA) is 123 Å². The molecule has 0 saturated carbocycles. The molecule has 0 fully saturated rings. The van der Waals surface area contributed by atoms with E-state index >= 15 is 0 Å². The quantitative estimate of drug-likeness (QED) is 0.542. The van der Waals surface area contributed by atoms with Crippen molar-refractivity contribution in [1.29, 1.82) is 0 Å². The molecule has 8 nitrogen and oxygen atoms in total. The van der Waals surface area contributed by atoms with Gasteiger partial charge in [0.2, 0.25) is 16.0 Å². The molecule has 0 bridgehead atoms. The number of nitrogens with two attached hydrogens (primary N) is 1. The number of nitrogens with one attached hydrogen (secondary N) is 2. The van der Waals surface area contributed by atoms with E-state index in [0.29, 0.717) is 31.3 Å². The number of rotatable bonds is 8. The maximum atomic E-state index is 11.3. The summed E-state index contributed by atoms with van der Waals surface area (Å²) in [6, 6.07) is 12.1. The minimum absolute atomic E-state index is 0.109. The molecular formula is C18H21N5O3S. The first-order valence-electron chi connectivity index (χ1n) is 8.38. The van der Waals surface area contributed by atoms with Crippen molar-refractivity contribution in [3.63, 3.8) is 0 Å². The van der Waals surface area contributed by atoms with Crippen molar-refractivity contribution in [3.05, 3.63) is 65.7 Å². The molecule has 142 valence electrons. The average molecular weight is 387 g/mol. The van der Waals surface area contributed by atoms with Crippen LogP contribution in [0.15, 0.2) is 58.0 Å². The number of aromatic nitrogens is 2. The smallest absolute Gasteiger partial charge is 0.238 e. The van der Waals surface area contributed by atoms with Crippen molar-refractivity contribution >= 4 is 21.8 Å². The lowest BCUT2D eigenvalue weighted by atomic mass is 10.1. The molecule has 9 heteroatoms. The first-order valence-corrected chi connectivity index (χ1v) is 9.92. The molecule has 0 aliphatic heterocycles. The van der Waals surface area contributed by atoms with Crippen molar-refractivity contribution in [2.75, 3.05) is 17.2 Å². The second-order valence-electron chi connectivity index (χ2n) is 6.02. The minimum Gasteiger partial charge on any atom is -0.467 e. The molecule has 0 spiro atoms. The number of hydrogen-bond acceptors (Lipinski definition) is 7. The van der Waals surface area contributed by atoms with E-state index in [0.717, 1.165) is 17.0 Å². The van der Waals surface area contributed by atoms with Gasteiger partial charge in [0.15, 0.2) is 0 Å². The third kappa shape index (κ3) is 5.53. The van der Waals surface area contributed by atoms with Gasteiger partial charge in [0.05, 0.1) is 17.7 Å². The Morgan fingerprint density at radius 1 is 1.11 bits per heavy atom. The summed E-state index contributed by atoms with van der Waals surface area (Å²) in [5, 5.41) is 11.5. The molecule has 1 aromatic carbocycles. The number of sulfonamides is 1. The fourth-order valence-corrected chi connectivity index (χ4v) is 3.01. The van der Waals surface area contributed by atoms with Crippen molar-refractivity contribution in [2.45, 2.75) is 24.8 Å². The Hall–Kier alpha value is -2.91. The lowest BCUT2D eigenvalue weighted by Crippen LogP contribution is -2.12. The van der Waals surface area contributed by atoms with E-state index in [-0.39, 0.29) is 4.90 Å². The Kier molecular flexibility index (Phi) is 5.72. The minimum atomic E-state index is -3.66. The Morgan fingerprint density at radius 2 is 1.89 bits per heavy atom. The van der Waals surface area contributed by atoms with Crippen LogP contribution in [-0.4, -0.2) is 24.9 Å². The molecule has 0 radical (unpaired) electrons. The summed E-state index contributed by atoms with van der Waals surface area (Å²) >= 11 is 0. The summed E-state index contributed by atoms with van der Waals surface area (Å²) in [4.78, 5) is 8.91. The molecule has 27 heavy (non-hydrogen) atoms. The van der Waals surface area contributed by atoms with Crippen LogP contribution in [0, 0.1) is 6.92 Å². The Morgan fingerprint density at radius 3 is 2.56 bits per heavy atom. The van der Waals surface area contributed by atoms with Crippen LogP contribution in [-0.2, 0) is 23.0 Å². The van der Waals surface area contributed by atoms with E-state index in [1.807, 2.05) is 25.1 Å². The highest BCUT2D eigenvalue weighted by Crippen LogP contribution is 2.13. The molecule has 0 saturated heterocycles. The van der Waals surface area contributed by atoms with Crippen molar-refractivity contribution in [2.24, 2.45) is 5.14 Å². The number of hydrogen-bond donors (Lipinski definition) is 3. The van der Waals surface area contributed by atoms with E-state index in [2.05, 4.69) is 20.6 Å². The van der Waals surface area contributed by atoms with E-state index in [4.69, 9.17) is 9.56 Å². The first kappa shape index (κ1) is 18.9. The van der Waals surface area contributed by atoms with Crippen LogP contribution >= 0.6 is 0 Å². The van der Waals surface area contributed by atoms with E-state index in [1.165, 1.54) is 12.1 Å². The number of benzene rings is 1. The zero-order valence-corrected chi connectivity index (χ0v) is 15.7. The lowest BCUT2D eigenvalue weighted by molar-refractivity contribution is 0.517. The third-order valence-corrected chi connectivity index (χ3v) is 4.76. The predicted molar refractivity (Wildman–Crippen MR) is 103 cm³/mol. The van der Waals surface area contributed by atoms with Crippen LogP contribution in [0.4, 0.5) is 11.8 Å². The van der Waals surface area contributed by atoms with Gasteiger partial charge in [0.25, 0.3) is 0 Å². The summed E-state index contributed by atoms with van der Waals surface area (Å²) in [6.45, 7) is 3.05. The van der Waals surface area contributed by atoms with Gasteiger partial charge in [-0.05, 0) is 43.2 Å². The average Bonchev–Trinajstić information content (AvgIpc) is 3.13. The zero-order chi connectivity index (χ0) is 19.3. The van der Waals surface area contributed by atoms with Gasteiger partial charge in [-0.25, -0.2) is 18.5 Å². The van der Waals surface area contributed by atoms with Gasteiger partial charge in [-0.1, -0.05) is 12.1 Å². The van der Waals surface area contributed by atoms with Crippen LogP contribution < -0.4 is 15.8 Å². The van der Waals surface area contributed by atoms with Gasteiger partial charge >= 0.3 is 0 Å². The first-order chi connectivity index (χ1) is 12.9. The van der Waals surface area contributed by atoms with Gasteiger partial charge < -0.3 is 15.1 Å². The predicted octanol–water partition coefficient (Wildman–Crippen LogP) is 2.29. The molecule has 2 heterocycles. The van der Waals surface area contributed by atoms with E-state index in [9.17, 15) is 8.42 Å². The standard InChI is InChI=1S/C18H21N5O3S/c1-13-11-17(23-18(22-13)21-12-15-3-2-10-26-15)20-9-8-14-4-6-16(7-5-14)27(19,24)25/h2-7,10-11H,8-9,12H2,1H3,(H2,19,24,25)(H2,20,21,22,23). The molecule has 0 unspecified atom stereocenters. The third-order valence-electron chi connectivity index (χ3n) is 3.83.